The number of halogens is 1. The predicted octanol–water partition coefficient (Wildman–Crippen LogP) is 3.33. The van der Waals surface area contributed by atoms with Gasteiger partial charge in [0.2, 0.25) is 0 Å². The standard InChI is InChI=1S/C10H11ClN2OS/c1-7-8(3-4-14-7)5-13(2)10-12-9(11)6-15-10/h3-4,6H,5H2,1-2H3. The summed E-state index contributed by atoms with van der Waals surface area (Å²) in [5.74, 6) is 0.949. The maximum Gasteiger partial charge on any atom is 0.186 e. The third-order valence-electron chi connectivity index (χ3n) is 2.16. The molecule has 0 saturated heterocycles. The summed E-state index contributed by atoms with van der Waals surface area (Å²) in [6.45, 7) is 2.74. The van der Waals surface area contributed by atoms with Gasteiger partial charge in [0.1, 0.15) is 10.9 Å². The molecule has 2 aromatic heterocycles. The minimum Gasteiger partial charge on any atom is -0.469 e. The Bertz CT molecular complexity index is 452. The van der Waals surface area contributed by atoms with Gasteiger partial charge in [-0.3, -0.25) is 0 Å². The quantitative estimate of drug-likeness (QED) is 0.827. The molecule has 0 atom stereocenters. The normalized spacial score (nSPS) is 10.6. The molecule has 80 valence electrons. The fraction of sp³-hybridized carbons (Fsp3) is 0.300. The molecule has 3 nitrogen and oxygen atoms in total. The van der Waals surface area contributed by atoms with Crippen molar-refractivity contribution in [3.05, 3.63) is 34.2 Å². The number of hydrogen-bond donors (Lipinski definition) is 0. The Morgan fingerprint density at radius 3 is 2.93 bits per heavy atom. The van der Waals surface area contributed by atoms with Crippen molar-refractivity contribution in [3.63, 3.8) is 0 Å². The van der Waals surface area contributed by atoms with Crippen LogP contribution in [-0.4, -0.2) is 12.0 Å². The first-order valence-corrected chi connectivity index (χ1v) is 5.77. The van der Waals surface area contributed by atoms with Gasteiger partial charge >= 0.3 is 0 Å². The van der Waals surface area contributed by atoms with E-state index in [1.54, 1.807) is 6.26 Å². The van der Waals surface area contributed by atoms with Gasteiger partial charge in [-0.25, -0.2) is 4.98 Å². The lowest BCUT2D eigenvalue weighted by atomic mass is 10.2. The monoisotopic (exact) mass is 242 g/mol. The average Bonchev–Trinajstić information content (AvgIpc) is 2.77. The molecule has 0 radical (unpaired) electrons. The van der Waals surface area contributed by atoms with Crippen molar-refractivity contribution < 1.29 is 4.42 Å². The number of rotatable bonds is 3. The van der Waals surface area contributed by atoms with Crippen molar-refractivity contribution in [2.24, 2.45) is 0 Å². The number of aromatic nitrogens is 1. The van der Waals surface area contributed by atoms with Gasteiger partial charge in [-0.15, -0.1) is 11.3 Å². The smallest absolute Gasteiger partial charge is 0.186 e. The van der Waals surface area contributed by atoms with Crippen molar-refractivity contribution in [2.45, 2.75) is 13.5 Å². The van der Waals surface area contributed by atoms with E-state index in [1.165, 1.54) is 16.9 Å². The second-order valence-electron chi connectivity index (χ2n) is 3.31. The molecule has 0 amide bonds. The fourth-order valence-electron chi connectivity index (χ4n) is 1.32. The van der Waals surface area contributed by atoms with E-state index in [2.05, 4.69) is 9.88 Å². The number of aryl methyl sites for hydroxylation is 1. The minimum atomic E-state index is 0.547. The zero-order valence-electron chi connectivity index (χ0n) is 8.53. The van der Waals surface area contributed by atoms with Crippen LogP contribution in [0.3, 0.4) is 0 Å². The van der Waals surface area contributed by atoms with Gasteiger partial charge in [0.25, 0.3) is 0 Å². The predicted molar refractivity (Wildman–Crippen MR) is 62.7 cm³/mol. The van der Waals surface area contributed by atoms with Crippen LogP contribution in [-0.2, 0) is 6.54 Å². The van der Waals surface area contributed by atoms with Crippen LogP contribution in [0, 0.1) is 6.92 Å². The molecule has 0 bridgehead atoms. The van der Waals surface area contributed by atoms with Crippen LogP contribution >= 0.6 is 22.9 Å². The molecule has 0 fully saturated rings. The average molecular weight is 243 g/mol. The van der Waals surface area contributed by atoms with Crippen molar-refractivity contribution in [2.75, 3.05) is 11.9 Å². The van der Waals surface area contributed by atoms with E-state index in [0.717, 1.165) is 17.4 Å². The number of anilines is 1. The summed E-state index contributed by atoms with van der Waals surface area (Å²) in [5.41, 5.74) is 1.17. The van der Waals surface area contributed by atoms with Crippen LogP contribution in [0.1, 0.15) is 11.3 Å². The third kappa shape index (κ3) is 2.33. The molecule has 2 heterocycles. The largest absolute Gasteiger partial charge is 0.469 e. The Hall–Kier alpha value is -1.00. The Kier molecular flexibility index (Phi) is 2.98. The maximum atomic E-state index is 5.77. The summed E-state index contributed by atoms with van der Waals surface area (Å²) in [4.78, 5) is 6.25. The molecule has 2 aromatic rings. The van der Waals surface area contributed by atoms with E-state index in [9.17, 15) is 0 Å². The number of thiazole rings is 1. The molecule has 0 spiro atoms. The summed E-state index contributed by atoms with van der Waals surface area (Å²) < 4.78 is 5.24. The number of nitrogens with zero attached hydrogens (tertiary/aromatic N) is 2. The molecule has 0 aliphatic heterocycles. The highest BCUT2D eigenvalue weighted by atomic mass is 35.5. The molecule has 5 heteroatoms. The topological polar surface area (TPSA) is 29.3 Å². The SMILES string of the molecule is Cc1occc1CN(C)c1nc(Cl)cs1. The zero-order chi connectivity index (χ0) is 10.8. The van der Waals surface area contributed by atoms with Crippen LogP contribution in [0.2, 0.25) is 5.15 Å². The van der Waals surface area contributed by atoms with Gasteiger partial charge in [-0.05, 0) is 13.0 Å². The maximum absolute atomic E-state index is 5.77. The van der Waals surface area contributed by atoms with Gasteiger partial charge in [-0.2, -0.15) is 0 Å². The molecular weight excluding hydrogens is 232 g/mol. The van der Waals surface area contributed by atoms with Gasteiger partial charge in [-0.1, -0.05) is 11.6 Å². The van der Waals surface area contributed by atoms with E-state index in [4.69, 9.17) is 16.0 Å². The first-order valence-electron chi connectivity index (χ1n) is 4.52. The first kappa shape index (κ1) is 10.5. The zero-order valence-corrected chi connectivity index (χ0v) is 10.1. The lowest BCUT2D eigenvalue weighted by molar-refractivity contribution is 0.529. The van der Waals surface area contributed by atoms with E-state index >= 15 is 0 Å². The van der Waals surface area contributed by atoms with Crippen LogP contribution in [0.15, 0.2) is 22.1 Å². The van der Waals surface area contributed by atoms with Crippen LogP contribution in [0.4, 0.5) is 5.13 Å². The molecule has 0 aromatic carbocycles. The minimum absolute atomic E-state index is 0.547. The van der Waals surface area contributed by atoms with Gasteiger partial charge < -0.3 is 9.32 Å². The summed E-state index contributed by atoms with van der Waals surface area (Å²) in [5, 5.41) is 3.29. The molecule has 0 saturated carbocycles. The summed E-state index contributed by atoms with van der Waals surface area (Å²) in [6.07, 6.45) is 1.70. The summed E-state index contributed by atoms with van der Waals surface area (Å²) in [6, 6.07) is 1.97. The Balaban J connectivity index is 2.10. The molecule has 0 aliphatic carbocycles. The van der Waals surface area contributed by atoms with Crippen molar-refractivity contribution in [3.8, 4) is 0 Å². The highest BCUT2D eigenvalue weighted by Gasteiger charge is 2.09. The Labute approximate surface area is 97.3 Å². The molecule has 0 aliphatic rings. The van der Waals surface area contributed by atoms with Crippen LogP contribution in [0.25, 0.3) is 0 Å². The number of furan rings is 1. The lowest BCUT2D eigenvalue weighted by Crippen LogP contribution is -2.16. The van der Waals surface area contributed by atoms with Crippen molar-refractivity contribution >= 4 is 28.1 Å². The molecule has 2 rings (SSSR count). The van der Waals surface area contributed by atoms with E-state index < -0.39 is 0 Å². The van der Waals surface area contributed by atoms with Gasteiger partial charge in [0.05, 0.1) is 6.26 Å². The van der Waals surface area contributed by atoms with Gasteiger partial charge in [0.15, 0.2) is 5.13 Å². The number of hydrogen-bond acceptors (Lipinski definition) is 4. The lowest BCUT2D eigenvalue weighted by Gasteiger charge is -2.14. The third-order valence-corrected chi connectivity index (χ3v) is 3.44. The Morgan fingerprint density at radius 2 is 2.40 bits per heavy atom. The van der Waals surface area contributed by atoms with E-state index in [0.29, 0.717) is 5.15 Å². The highest BCUT2D eigenvalue weighted by molar-refractivity contribution is 7.14. The summed E-state index contributed by atoms with van der Waals surface area (Å²) in [7, 11) is 1.99. The Morgan fingerprint density at radius 1 is 1.60 bits per heavy atom. The molecule has 15 heavy (non-hydrogen) atoms. The molecule has 0 N–H and O–H groups in total. The fourth-order valence-corrected chi connectivity index (χ4v) is 2.23. The molecular formula is C10H11ClN2OS. The highest BCUT2D eigenvalue weighted by Crippen LogP contribution is 2.24. The van der Waals surface area contributed by atoms with Gasteiger partial charge in [0, 0.05) is 24.5 Å². The second kappa shape index (κ2) is 4.24. The van der Waals surface area contributed by atoms with E-state index in [1.807, 2.05) is 25.4 Å². The van der Waals surface area contributed by atoms with Crippen LogP contribution < -0.4 is 4.90 Å². The second-order valence-corrected chi connectivity index (χ2v) is 4.53. The van der Waals surface area contributed by atoms with Crippen LogP contribution in [0.5, 0.6) is 0 Å². The summed E-state index contributed by atoms with van der Waals surface area (Å²) >= 11 is 7.31. The van der Waals surface area contributed by atoms with Crippen molar-refractivity contribution in [1.82, 2.24) is 4.98 Å². The first-order chi connectivity index (χ1) is 7.16. The van der Waals surface area contributed by atoms with Crippen molar-refractivity contribution in [1.29, 1.82) is 0 Å². The molecule has 0 unspecified atom stereocenters. The van der Waals surface area contributed by atoms with E-state index in [-0.39, 0.29) is 0 Å².